The maximum Gasteiger partial charge on any atom is 0.338 e. The Hall–Kier alpha value is -4.07. The summed E-state index contributed by atoms with van der Waals surface area (Å²) in [6.07, 6.45) is 1.66. The number of ether oxygens (including phenoxy) is 1. The molecule has 30 heavy (non-hydrogen) atoms. The fourth-order valence-corrected chi connectivity index (χ4v) is 2.92. The Morgan fingerprint density at radius 2 is 1.77 bits per heavy atom. The maximum absolute atomic E-state index is 11.8. The molecule has 4 rings (SSSR count). The van der Waals surface area contributed by atoms with E-state index in [1.54, 1.807) is 37.4 Å². The largest absolute Gasteiger partial charge is 0.462 e. The van der Waals surface area contributed by atoms with Crippen molar-refractivity contribution in [2.75, 3.05) is 17.7 Å². The first-order chi connectivity index (χ1) is 14.5. The van der Waals surface area contributed by atoms with Crippen molar-refractivity contribution in [3.8, 4) is 11.3 Å². The van der Waals surface area contributed by atoms with Crippen LogP contribution < -0.4 is 11.1 Å². The Bertz CT molecular complexity index is 1210. The average molecular weight is 400 g/mol. The molecule has 0 fully saturated rings. The number of hydrogen-bond acceptors (Lipinski definition) is 8. The lowest BCUT2D eigenvalue weighted by molar-refractivity contribution is 0.0526. The second kappa shape index (κ2) is 8.12. The number of aryl methyl sites for hydroxylation is 1. The quantitative estimate of drug-likeness (QED) is 0.485. The van der Waals surface area contributed by atoms with E-state index >= 15 is 0 Å². The van der Waals surface area contributed by atoms with E-state index in [1.165, 1.54) is 0 Å². The molecule has 8 heteroatoms. The van der Waals surface area contributed by atoms with Crippen molar-refractivity contribution in [2.45, 2.75) is 13.8 Å². The van der Waals surface area contributed by atoms with Gasteiger partial charge in [0.05, 0.1) is 24.1 Å². The van der Waals surface area contributed by atoms with Crippen LogP contribution in [0.3, 0.4) is 0 Å². The molecular formula is C22H20N6O2. The van der Waals surface area contributed by atoms with E-state index in [1.807, 2.05) is 31.2 Å². The first kappa shape index (κ1) is 19.3. The number of nitrogens with two attached hydrogens (primary N) is 1. The van der Waals surface area contributed by atoms with Crippen molar-refractivity contribution < 1.29 is 9.53 Å². The lowest BCUT2D eigenvalue weighted by atomic mass is 10.1. The summed E-state index contributed by atoms with van der Waals surface area (Å²) < 4.78 is 5.01. The fourth-order valence-electron chi connectivity index (χ4n) is 2.92. The second-order valence-electron chi connectivity index (χ2n) is 6.65. The number of fused-ring (bicyclic) bond motifs is 1. The molecule has 0 atom stereocenters. The number of nitrogen functional groups attached to an aromatic ring is 1. The van der Waals surface area contributed by atoms with Crippen LogP contribution in [0.4, 0.5) is 17.5 Å². The third kappa shape index (κ3) is 4.02. The summed E-state index contributed by atoms with van der Waals surface area (Å²) >= 11 is 0. The third-order valence-corrected chi connectivity index (χ3v) is 4.43. The lowest BCUT2D eigenvalue weighted by Crippen LogP contribution is -2.06. The molecule has 0 spiro atoms. The van der Waals surface area contributed by atoms with E-state index in [9.17, 15) is 4.79 Å². The first-order valence-electron chi connectivity index (χ1n) is 9.45. The molecule has 2 aromatic carbocycles. The van der Waals surface area contributed by atoms with Crippen LogP contribution in [0.25, 0.3) is 22.4 Å². The standard InChI is InChI=1S/C22H20N6O2/c1-3-30-21(29)15-8-10-16(11-9-15)25-20-18-19(27-22(23)28-20)24-12-17(26-18)14-6-4-13(2)5-7-14/h4-12H,3H2,1-2H3,(H3,23,24,25,27,28). The van der Waals surface area contributed by atoms with Gasteiger partial charge in [-0.1, -0.05) is 29.8 Å². The minimum atomic E-state index is -0.366. The van der Waals surface area contributed by atoms with Crippen molar-refractivity contribution in [2.24, 2.45) is 0 Å². The molecule has 0 saturated carbocycles. The highest BCUT2D eigenvalue weighted by Crippen LogP contribution is 2.25. The van der Waals surface area contributed by atoms with Gasteiger partial charge in [-0.15, -0.1) is 0 Å². The molecule has 2 heterocycles. The highest BCUT2D eigenvalue weighted by Gasteiger charge is 2.12. The van der Waals surface area contributed by atoms with Crippen molar-refractivity contribution >= 4 is 34.6 Å². The van der Waals surface area contributed by atoms with Crippen LogP contribution in [0.2, 0.25) is 0 Å². The summed E-state index contributed by atoms with van der Waals surface area (Å²) in [5.41, 5.74) is 10.7. The van der Waals surface area contributed by atoms with E-state index in [-0.39, 0.29) is 11.9 Å². The summed E-state index contributed by atoms with van der Waals surface area (Å²) in [6.45, 7) is 4.12. The molecule has 0 unspecified atom stereocenters. The third-order valence-electron chi connectivity index (χ3n) is 4.43. The summed E-state index contributed by atoms with van der Waals surface area (Å²) in [5, 5.41) is 3.19. The van der Waals surface area contributed by atoms with Crippen molar-refractivity contribution in [1.82, 2.24) is 19.9 Å². The van der Waals surface area contributed by atoms with E-state index in [0.29, 0.717) is 40.5 Å². The zero-order valence-corrected chi connectivity index (χ0v) is 16.6. The van der Waals surface area contributed by atoms with Crippen LogP contribution >= 0.6 is 0 Å². The van der Waals surface area contributed by atoms with Crippen LogP contribution in [0.15, 0.2) is 54.7 Å². The Morgan fingerprint density at radius 1 is 1.03 bits per heavy atom. The summed E-state index contributed by atoms with van der Waals surface area (Å²) in [7, 11) is 0. The van der Waals surface area contributed by atoms with Gasteiger partial charge >= 0.3 is 5.97 Å². The number of rotatable bonds is 5. The van der Waals surface area contributed by atoms with Crippen LogP contribution in [-0.2, 0) is 4.74 Å². The molecule has 0 aliphatic carbocycles. The van der Waals surface area contributed by atoms with E-state index in [2.05, 4.69) is 20.3 Å². The normalized spacial score (nSPS) is 10.7. The van der Waals surface area contributed by atoms with Crippen LogP contribution in [-0.4, -0.2) is 32.5 Å². The zero-order valence-electron chi connectivity index (χ0n) is 16.6. The molecule has 0 aliphatic heterocycles. The Morgan fingerprint density at radius 3 is 2.47 bits per heavy atom. The van der Waals surface area contributed by atoms with Crippen molar-refractivity contribution in [1.29, 1.82) is 0 Å². The number of aromatic nitrogens is 4. The SMILES string of the molecule is CCOC(=O)c1ccc(Nc2nc(N)nc3ncc(-c4ccc(C)cc4)nc23)cc1. The van der Waals surface area contributed by atoms with E-state index in [0.717, 1.165) is 11.1 Å². The van der Waals surface area contributed by atoms with Crippen molar-refractivity contribution in [3.63, 3.8) is 0 Å². The smallest absolute Gasteiger partial charge is 0.338 e. The molecular weight excluding hydrogens is 380 g/mol. The van der Waals surface area contributed by atoms with Crippen LogP contribution in [0.1, 0.15) is 22.8 Å². The molecule has 0 saturated heterocycles. The number of hydrogen-bond donors (Lipinski definition) is 2. The van der Waals surface area contributed by atoms with Gasteiger partial charge in [0.25, 0.3) is 0 Å². The molecule has 0 radical (unpaired) electrons. The maximum atomic E-state index is 11.8. The molecule has 4 aromatic rings. The van der Waals surface area contributed by atoms with Crippen molar-refractivity contribution in [3.05, 3.63) is 65.9 Å². The van der Waals surface area contributed by atoms with Gasteiger partial charge in [-0.3, -0.25) is 0 Å². The van der Waals surface area contributed by atoms with Crippen LogP contribution in [0, 0.1) is 6.92 Å². The van der Waals surface area contributed by atoms with Gasteiger partial charge in [-0.05, 0) is 38.1 Å². The van der Waals surface area contributed by atoms with E-state index in [4.69, 9.17) is 15.5 Å². The molecule has 0 aliphatic rings. The molecule has 0 bridgehead atoms. The van der Waals surface area contributed by atoms with E-state index < -0.39 is 0 Å². The first-order valence-corrected chi connectivity index (χ1v) is 9.45. The minimum Gasteiger partial charge on any atom is -0.462 e. The zero-order chi connectivity index (χ0) is 21.1. The van der Waals surface area contributed by atoms with Gasteiger partial charge < -0.3 is 15.8 Å². The monoisotopic (exact) mass is 400 g/mol. The summed E-state index contributed by atoms with van der Waals surface area (Å²) in [6, 6.07) is 14.9. The predicted octanol–water partition coefficient (Wildman–Crippen LogP) is 3.90. The van der Waals surface area contributed by atoms with Gasteiger partial charge in [0.15, 0.2) is 17.0 Å². The van der Waals surface area contributed by atoms with Gasteiger partial charge in [0.1, 0.15) is 0 Å². The number of carbonyl (C=O) groups is 1. The fraction of sp³-hybridized carbons (Fsp3) is 0.136. The number of benzene rings is 2. The van der Waals surface area contributed by atoms with Crippen LogP contribution in [0.5, 0.6) is 0 Å². The summed E-state index contributed by atoms with van der Waals surface area (Å²) in [5.74, 6) is 0.155. The number of nitrogens with zero attached hydrogens (tertiary/aromatic N) is 4. The highest BCUT2D eigenvalue weighted by atomic mass is 16.5. The minimum absolute atomic E-state index is 0.0885. The Kier molecular flexibility index (Phi) is 5.21. The van der Waals surface area contributed by atoms with Gasteiger partial charge in [-0.2, -0.15) is 9.97 Å². The lowest BCUT2D eigenvalue weighted by Gasteiger charge is -2.10. The highest BCUT2D eigenvalue weighted by molar-refractivity contribution is 5.91. The number of esters is 1. The molecule has 8 nitrogen and oxygen atoms in total. The number of carbonyl (C=O) groups excluding carboxylic acids is 1. The Labute approximate surface area is 173 Å². The van der Waals surface area contributed by atoms with Gasteiger partial charge in [-0.25, -0.2) is 14.8 Å². The second-order valence-corrected chi connectivity index (χ2v) is 6.65. The predicted molar refractivity (Wildman–Crippen MR) is 115 cm³/mol. The van der Waals surface area contributed by atoms with Gasteiger partial charge in [0.2, 0.25) is 5.95 Å². The molecule has 2 aromatic heterocycles. The topological polar surface area (TPSA) is 116 Å². The number of nitrogens with one attached hydrogen (secondary N) is 1. The molecule has 0 amide bonds. The molecule has 150 valence electrons. The summed E-state index contributed by atoms with van der Waals surface area (Å²) in [4.78, 5) is 29.4. The number of anilines is 3. The average Bonchev–Trinajstić information content (AvgIpc) is 2.75. The van der Waals surface area contributed by atoms with Gasteiger partial charge in [0, 0.05) is 11.3 Å². The molecule has 3 N–H and O–H groups in total. The Balaban J connectivity index is 1.70.